The molecule has 0 aliphatic carbocycles. The van der Waals surface area contributed by atoms with Crippen LogP contribution < -0.4 is 5.32 Å². The van der Waals surface area contributed by atoms with Crippen LogP contribution in [0.1, 0.15) is 33.1 Å². The second kappa shape index (κ2) is 6.70. The van der Waals surface area contributed by atoms with Crippen molar-refractivity contribution >= 4 is 5.91 Å². The van der Waals surface area contributed by atoms with Gasteiger partial charge in [0.25, 0.3) is 0 Å². The molecule has 0 saturated carbocycles. The molecule has 1 fully saturated rings. The minimum Gasteiger partial charge on any atom is -0.341 e. The van der Waals surface area contributed by atoms with Gasteiger partial charge in [0.05, 0.1) is 12.4 Å². The maximum absolute atomic E-state index is 12.1. The summed E-state index contributed by atoms with van der Waals surface area (Å²) in [5, 5.41) is 3.33. The van der Waals surface area contributed by atoms with Gasteiger partial charge in [0, 0.05) is 38.1 Å². The Morgan fingerprint density at radius 3 is 2.89 bits per heavy atom. The van der Waals surface area contributed by atoms with E-state index in [1.807, 2.05) is 17.4 Å². The lowest BCUT2D eigenvalue weighted by atomic mass is 10.2. The molecule has 1 atom stereocenters. The number of nitrogens with zero attached hydrogens (tertiary/aromatic N) is 3. The standard InChI is InChI=1S/C14H24N4O/c1-12(2)16-13-5-9-18(14(13)19)8-4-3-7-17-10-6-15-11-17/h6,10-13,16H,3-5,7-9H2,1-2H3. The second-order valence-electron chi connectivity index (χ2n) is 5.50. The van der Waals surface area contributed by atoms with Crippen molar-refractivity contribution in [2.75, 3.05) is 13.1 Å². The predicted molar refractivity (Wildman–Crippen MR) is 74.7 cm³/mol. The van der Waals surface area contributed by atoms with Crippen molar-refractivity contribution in [2.45, 2.75) is 51.7 Å². The highest BCUT2D eigenvalue weighted by Crippen LogP contribution is 2.13. The molecule has 1 amide bonds. The smallest absolute Gasteiger partial charge is 0.239 e. The van der Waals surface area contributed by atoms with Crippen LogP contribution in [0.15, 0.2) is 18.7 Å². The normalized spacial score (nSPS) is 19.6. The topological polar surface area (TPSA) is 50.2 Å². The van der Waals surface area contributed by atoms with Gasteiger partial charge < -0.3 is 14.8 Å². The summed E-state index contributed by atoms with van der Waals surface area (Å²) < 4.78 is 2.08. The lowest BCUT2D eigenvalue weighted by Gasteiger charge is -2.18. The number of hydrogen-bond donors (Lipinski definition) is 1. The fourth-order valence-electron chi connectivity index (χ4n) is 2.53. The summed E-state index contributed by atoms with van der Waals surface area (Å²) in [7, 11) is 0. The van der Waals surface area contributed by atoms with E-state index in [9.17, 15) is 4.79 Å². The van der Waals surface area contributed by atoms with Crippen molar-refractivity contribution < 1.29 is 4.79 Å². The van der Waals surface area contributed by atoms with Gasteiger partial charge in [0.15, 0.2) is 0 Å². The van der Waals surface area contributed by atoms with E-state index in [0.29, 0.717) is 6.04 Å². The Hall–Kier alpha value is -1.36. The highest BCUT2D eigenvalue weighted by atomic mass is 16.2. The van der Waals surface area contributed by atoms with Crippen LogP contribution in [-0.4, -0.2) is 45.5 Å². The van der Waals surface area contributed by atoms with E-state index in [2.05, 4.69) is 28.7 Å². The van der Waals surface area contributed by atoms with Crippen molar-refractivity contribution in [1.82, 2.24) is 19.8 Å². The Morgan fingerprint density at radius 1 is 1.42 bits per heavy atom. The quantitative estimate of drug-likeness (QED) is 0.754. The summed E-state index contributed by atoms with van der Waals surface area (Å²) in [6, 6.07) is 0.406. The molecule has 1 aliphatic rings. The number of nitrogens with one attached hydrogen (secondary N) is 1. The summed E-state index contributed by atoms with van der Waals surface area (Å²) in [6.45, 7) is 6.93. The second-order valence-corrected chi connectivity index (χ2v) is 5.50. The van der Waals surface area contributed by atoms with Crippen LogP contribution in [0.25, 0.3) is 0 Å². The maximum atomic E-state index is 12.1. The summed E-state index contributed by atoms with van der Waals surface area (Å²) in [5.41, 5.74) is 0. The molecule has 1 N–H and O–H groups in total. The van der Waals surface area contributed by atoms with E-state index in [-0.39, 0.29) is 11.9 Å². The lowest BCUT2D eigenvalue weighted by Crippen LogP contribution is -2.41. The van der Waals surface area contributed by atoms with E-state index in [1.165, 1.54) is 0 Å². The first-order chi connectivity index (χ1) is 9.16. The van der Waals surface area contributed by atoms with Gasteiger partial charge >= 0.3 is 0 Å². The van der Waals surface area contributed by atoms with Crippen LogP contribution in [0.3, 0.4) is 0 Å². The zero-order chi connectivity index (χ0) is 13.7. The van der Waals surface area contributed by atoms with Gasteiger partial charge in [-0.25, -0.2) is 4.98 Å². The molecule has 19 heavy (non-hydrogen) atoms. The van der Waals surface area contributed by atoms with Crippen molar-refractivity contribution in [2.24, 2.45) is 0 Å². The van der Waals surface area contributed by atoms with Crippen LogP contribution in [0.5, 0.6) is 0 Å². The van der Waals surface area contributed by atoms with E-state index < -0.39 is 0 Å². The number of likely N-dealkylation sites (tertiary alicyclic amines) is 1. The van der Waals surface area contributed by atoms with Crippen molar-refractivity contribution in [1.29, 1.82) is 0 Å². The minimum atomic E-state index is 0.0358. The molecule has 0 spiro atoms. The third-order valence-corrected chi connectivity index (χ3v) is 3.49. The largest absolute Gasteiger partial charge is 0.341 e. The van der Waals surface area contributed by atoms with Gasteiger partial charge in [0.2, 0.25) is 5.91 Å². The molecule has 1 unspecified atom stereocenters. The molecule has 0 aromatic carbocycles. The number of imidazole rings is 1. The van der Waals surface area contributed by atoms with Crippen LogP contribution in [0.2, 0.25) is 0 Å². The molecule has 0 bridgehead atoms. The SMILES string of the molecule is CC(C)NC1CCN(CCCCn2ccnc2)C1=O. The van der Waals surface area contributed by atoms with Gasteiger partial charge in [-0.15, -0.1) is 0 Å². The maximum Gasteiger partial charge on any atom is 0.239 e. The van der Waals surface area contributed by atoms with Crippen molar-refractivity contribution in [3.05, 3.63) is 18.7 Å². The van der Waals surface area contributed by atoms with Crippen LogP contribution in [0, 0.1) is 0 Å². The van der Waals surface area contributed by atoms with Gasteiger partial charge in [-0.05, 0) is 19.3 Å². The number of aryl methyl sites for hydroxylation is 1. The summed E-state index contributed by atoms with van der Waals surface area (Å²) >= 11 is 0. The van der Waals surface area contributed by atoms with Gasteiger partial charge in [-0.3, -0.25) is 4.79 Å². The molecule has 106 valence electrons. The third kappa shape index (κ3) is 4.06. The Kier molecular flexibility index (Phi) is 4.96. The molecule has 1 aromatic heterocycles. The zero-order valence-electron chi connectivity index (χ0n) is 11.9. The van der Waals surface area contributed by atoms with Crippen LogP contribution in [-0.2, 0) is 11.3 Å². The van der Waals surface area contributed by atoms with E-state index in [1.54, 1.807) is 6.20 Å². The summed E-state index contributed by atoms with van der Waals surface area (Å²) in [4.78, 5) is 18.1. The van der Waals surface area contributed by atoms with Gasteiger partial charge in [-0.1, -0.05) is 13.8 Å². The summed E-state index contributed by atoms with van der Waals surface area (Å²) in [6.07, 6.45) is 8.69. The molecule has 0 radical (unpaired) electrons. The lowest BCUT2D eigenvalue weighted by molar-refractivity contribution is -0.129. The number of carbonyl (C=O) groups is 1. The molecule has 5 nitrogen and oxygen atoms in total. The van der Waals surface area contributed by atoms with Crippen LogP contribution >= 0.6 is 0 Å². The first-order valence-corrected chi connectivity index (χ1v) is 7.17. The zero-order valence-corrected chi connectivity index (χ0v) is 11.9. The first-order valence-electron chi connectivity index (χ1n) is 7.17. The fraction of sp³-hybridized carbons (Fsp3) is 0.714. The Labute approximate surface area is 115 Å². The van der Waals surface area contributed by atoms with Crippen molar-refractivity contribution in [3.8, 4) is 0 Å². The average Bonchev–Trinajstić information content (AvgIpc) is 2.98. The number of rotatable bonds is 7. The van der Waals surface area contributed by atoms with Crippen molar-refractivity contribution in [3.63, 3.8) is 0 Å². The molecule has 1 saturated heterocycles. The number of carbonyl (C=O) groups excluding carboxylic acids is 1. The monoisotopic (exact) mass is 264 g/mol. The molecule has 2 heterocycles. The molecular formula is C14H24N4O. The first kappa shape index (κ1) is 14.1. The third-order valence-electron chi connectivity index (χ3n) is 3.49. The molecule has 1 aliphatic heterocycles. The molecule has 1 aromatic rings. The minimum absolute atomic E-state index is 0.0358. The van der Waals surface area contributed by atoms with Gasteiger partial charge in [0.1, 0.15) is 0 Å². The number of amides is 1. The fourth-order valence-corrected chi connectivity index (χ4v) is 2.53. The molecular weight excluding hydrogens is 240 g/mol. The molecule has 2 rings (SSSR count). The number of hydrogen-bond acceptors (Lipinski definition) is 3. The van der Waals surface area contributed by atoms with E-state index in [4.69, 9.17) is 0 Å². The Bertz CT molecular complexity index is 388. The average molecular weight is 264 g/mol. The highest BCUT2D eigenvalue weighted by molar-refractivity contribution is 5.83. The summed E-state index contributed by atoms with van der Waals surface area (Å²) in [5.74, 6) is 0.274. The number of aromatic nitrogens is 2. The Balaban J connectivity index is 1.65. The highest BCUT2D eigenvalue weighted by Gasteiger charge is 2.30. The van der Waals surface area contributed by atoms with E-state index in [0.717, 1.165) is 38.9 Å². The van der Waals surface area contributed by atoms with Crippen LogP contribution in [0.4, 0.5) is 0 Å². The predicted octanol–water partition coefficient (Wildman–Crippen LogP) is 1.26. The van der Waals surface area contributed by atoms with Gasteiger partial charge in [-0.2, -0.15) is 0 Å². The number of unbranched alkanes of at least 4 members (excludes halogenated alkanes) is 1. The Morgan fingerprint density at radius 2 is 2.21 bits per heavy atom. The van der Waals surface area contributed by atoms with E-state index >= 15 is 0 Å². The molecule has 5 heteroatoms.